The molecule has 0 bridgehead atoms. The highest BCUT2D eigenvalue weighted by Gasteiger charge is 2.71. The Balaban J connectivity index is 1.47. The number of anilines is 1. The fourth-order valence-electron chi connectivity index (χ4n) is 6.88. The quantitative estimate of drug-likeness (QED) is 0.298. The number of hydrogen-bond acceptors (Lipinski definition) is 6. The normalized spacial score (nSPS) is 23.7. The SMILES string of the molecule is CC(C)Oc1ccc(C(=O)C2C(C(=O)c3ccco3)C3(C(=O)Nc4ccccc43)C3c4ccccc4C=CN23)cc1. The van der Waals surface area contributed by atoms with Gasteiger partial charge in [0.2, 0.25) is 11.7 Å². The van der Waals surface area contributed by atoms with E-state index in [0.29, 0.717) is 22.6 Å². The summed E-state index contributed by atoms with van der Waals surface area (Å²) in [6.45, 7) is 3.88. The first-order valence-electron chi connectivity index (χ1n) is 13.8. The molecule has 0 aliphatic carbocycles. The van der Waals surface area contributed by atoms with E-state index in [1.54, 1.807) is 36.4 Å². The van der Waals surface area contributed by atoms with Crippen molar-refractivity contribution in [3.63, 3.8) is 0 Å². The number of Topliss-reactive ketones (excluding diaryl/α,β-unsaturated/α-hetero) is 2. The van der Waals surface area contributed by atoms with Gasteiger partial charge in [-0.3, -0.25) is 14.4 Å². The first-order chi connectivity index (χ1) is 19.9. The lowest BCUT2D eigenvalue weighted by molar-refractivity contribution is -0.122. The Morgan fingerprint density at radius 3 is 2.44 bits per heavy atom. The topological polar surface area (TPSA) is 88.9 Å². The van der Waals surface area contributed by atoms with Crippen molar-refractivity contribution >= 4 is 29.2 Å². The summed E-state index contributed by atoms with van der Waals surface area (Å²) in [5.74, 6) is -1.26. The van der Waals surface area contributed by atoms with Crippen molar-refractivity contribution in [2.45, 2.75) is 37.5 Å². The first-order valence-corrected chi connectivity index (χ1v) is 13.8. The summed E-state index contributed by atoms with van der Waals surface area (Å²) in [6, 6.07) is 23.9. The smallest absolute Gasteiger partial charge is 0.238 e. The number of carbonyl (C=O) groups excluding carboxylic acids is 3. The van der Waals surface area contributed by atoms with Gasteiger partial charge in [0, 0.05) is 17.5 Å². The zero-order valence-corrected chi connectivity index (χ0v) is 22.6. The molecule has 1 aromatic heterocycles. The van der Waals surface area contributed by atoms with Crippen molar-refractivity contribution < 1.29 is 23.5 Å². The Morgan fingerprint density at radius 2 is 1.68 bits per heavy atom. The minimum absolute atomic E-state index is 0.0122. The highest BCUT2D eigenvalue weighted by Crippen LogP contribution is 2.62. The number of para-hydroxylation sites is 1. The maximum atomic E-state index is 14.6. The van der Waals surface area contributed by atoms with Crippen LogP contribution in [0.4, 0.5) is 5.69 Å². The van der Waals surface area contributed by atoms with Crippen molar-refractivity contribution in [1.29, 1.82) is 0 Å². The molecule has 4 aromatic rings. The summed E-state index contributed by atoms with van der Waals surface area (Å²) in [4.78, 5) is 45.4. The van der Waals surface area contributed by atoms with Gasteiger partial charge in [-0.05, 0) is 79.1 Å². The molecule has 3 aliphatic rings. The number of furan rings is 1. The molecule has 4 atom stereocenters. The van der Waals surface area contributed by atoms with Crippen molar-refractivity contribution in [3.05, 3.63) is 125 Å². The molecular weight excluding hydrogens is 516 g/mol. The largest absolute Gasteiger partial charge is 0.491 e. The van der Waals surface area contributed by atoms with Crippen LogP contribution in [-0.2, 0) is 10.2 Å². The van der Waals surface area contributed by atoms with Crippen LogP contribution in [0, 0.1) is 5.92 Å². The molecule has 1 amide bonds. The fraction of sp³-hybridized carbons (Fsp3) is 0.206. The lowest BCUT2D eigenvalue weighted by atomic mass is 9.63. The summed E-state index contributed by atoms with van der Waals surface area (Å²) in [6.07, 6.45) is 5.22. The van der Waals surface area contributed by atoms with Gasteiger partial charge in [-0.2, -0.15) is 0 Å². The fourth-order valence-corrected chi connectivity index (χ4v) is 6.88. The predicted molar refractivity (Wildman–Crippen MR) is 154 cm³/mol. The standard InChI is InChI=1S/C34H28N2O5/c1-20(2)41-23-15-13-22(14-16-23)30(37)29-28(31(38)27-12-7-19-40-27)34(25-10-5-6-11-26(25)35-33(34)39)32-24-9-4-3-8-21(24)17-18-36(29)32/h3-20,28-29,32H,1-2H3,(H,35,39). The minimum Gasteiger partial charge on any atom is -0.491 e. The molecule has 1 saturated heterocycles. The van der Waals surface area contributed by atoms with Gasteiger partial charge < -0.3 is 19.4 Å². The number of rotatable bonds is 6. The molecule has 1 N–H and O–H groups in total. The van der Waals surface area contributed by atoms with Crippen LogP contribution in [0.5, 0.6) is 5.75 Å². The highest BCUT2D eigenvalue weighted by atomic mass is 16.5. The summed E-state index contributed by atoms with van der Waals surface area (Å²) in [7, 11) is 0. The second-order valence-corrected chi connectivity index (χ2v) is 11.0. The number of carbonyl (C=O) groups is 3. The van der Waals surface area contributed by atoms with Crippen molar-refractivity contribution in [1.82, 2.24) is 4.90 Å². The van der Waals surface area contributed by atoms with E-state index in [-0.39, 0.29) is 29.3 Å². The van der Waals surface area contributed by atoms with Gasteiger partial charge >= 0.3 is 0 Å². The van der Waals surface area contributed by atoms with Gasteiger partial charge in [-0.25, -0.2) is 0 Å². The van der Waals surface area contributed by atoms with Crippen molar-refractivity contribution in [3.8, 4) is 5.75 Å². The molecule has 7 heteroatoms. The summed E-state index contributed by atoms with van der Waals surface area (Å²) < 4.78 is 11.4. The first kappa shape index (κ1) is 25.1. The van der Waals surface area contributed by atoms with E-state index in [1.165, 1.54) is 6.26 Å². The number of benzene rings is 3. The van der Waals surface area contributed by atoms with Crippen LogP contribution in [0.2, 0.25) is 0 Å². The van der Waals surface area contributed by atoms with Gasteiger partial charge in [0.15, 0.2) is 11.5 Å². The maximum Gasteiger partial charge on any atom is 0.238 e. The summed E-state index contributed by atoms with van der Waals surface area (Å²) >= 11 is 0. The number of amides is 1. The van der Waals surface area contributed by atoms with Crippen LogP contribution in [-0.4, -0.2) is 34.5 Å². The molecule has 204 valence electrons. The zero-order chi connectivity index (χ0) is 28.3. The van der Waals surface area contributed by atoms with E-state index in [1.807, 2.05) is 79.6 Å². The second kappa shape index (κ2) is 9.34. The highest BCUT2D eigenvalue weighted by molar-refractivity contribution is 6.16. The van der Waals surface area contributed by atoms with Crippen molar-refractivity contribution in [2.24, 2.45) is 5.92 Å². The molecule has 1 fully saturated rings. The Labute approximate surface area is 237 Å². The van der Waals surface area contributed by atoms with Gasteiger partial charge in [0.05, 0.1) is 24.3 Å². The molecule has 41 heavy (non-hydrogen) atoms. The lowest BCUT2D eigenvalue weighted by Gasteiger charge is -2.38. The molecule has 0 radical (unpaired) electrons. The number of nitrogens with one attached hydrogen (secondary N) is 1. The molecule has 7 rings (SSSR count). The van der Waals surface area contributed by atoms with E-state index >= 15 is 0 Å². The van der Waals surface area contributed by atoms with Crippen LogP contribution in [0.3, 0.4) is 0 Å². The minimum atomic E-state index is -1.39. The number of nitrogens with zero attached hydrogens (tertiary/aromatic N) is 1. The van der Waals surface area contributed by atoms with E-state index in [4.69, 9.17) is 9.15 Å². The molecule has 4 heterocycles. The number of ether oxygens (including phenoxy) is 1. The van der Waals surface area contributed by atoms with E-state index in [9.17, 15) is 14.4 Å². The number of fused-ring (bicyclic) bond motifs is 6. The lowest BCUT2D eigenvalue weighted by Crippen LogP contribution is -2.49. The predicted octanol–water partition coefficient (Wildman–Crippen LogP) is 6.05. The van der Waals surface area contributed by atoms with Crippen LogP contribution in [0.25, 0.3) is 6.08 Å². The van der Waals surface area contributed by atoms with Crippen LogP contribution < -0.4 is 10.1 Å². The summed E-state index contributed by atoms with van der Waals surface area (Å²) in [5.41, 5.74) is 2.21. The maximum absolute atomic E-state index is 14.6. The third-order valence-electron chi connectivity index (χ3n) is 8.40. The average molecular weight is 545 g/mol. The van der Waals surface area contributed by atoms with Crippen LogP contribution in [0.15, 0.2) is 102 Å². The third kappa shape index (κ3) is 3.62. The monoisotopic (exact) mass is 544 g/mol. The van der Waals surface area contributed by atoms with Gasteiger partial charge in [-0.15, -0.1) is 0 Å². The van der Waals surface area contributed by atoms with E-state index < -0.39 is 23.4 Å². The Bertz CT molecular complexity index is 1710. The van der Waals surface area contributed by atoms with Gasteiger partial charge in [-0.1, -0.05) is 42.5 Å². The number of ketones is 2. The molecule has 3 aromatic carbocycles. The molecule has 4 unspecified atom stereocenters. The second-order valence-electron chi connectivity index (χ2n) is 11.0. The molecule has 0 saturated carbocycles. The third-order valence-corrected chi connectivity index (χ3v) is 8.40. The van der Waals surface area contributed by atoms with E-state index in [2.05, 4.69) is 5.32 Å². The average Bonchev–Trinajstić information content (AvgIpc) is 3.69. The number of hydrogen-bond donors (Lipinski definition) is 1. The Hall–Kier alpha value is -4.91. The molecule has 7 nitrogen and oxygen atoms in total. The zero-order valence-electron chi connectivity index (χ0n) is 22.6. The summed E-state index contributed by atoms with van der Waals surface area (Å²) in [5, 5.41) is 3.05. The molecule has 3 aliphatic heterocycles. The molecule has 1 spiro atoms. The van der Waals surface area contributed by atoms with Gasteiger partial charge in [0.1, 0.15) is 17.2 Å². The van der Waals surface area contributed by atoms with Gasteiger partial charge in [0.25, 0.3) is 0 Å². The van der Waals surface area contributed by atoms with E-state index in [0.717, 1.165) is 11.1 Å². The van der Waals surface area contributed by atoms with Crippen LogP contribution in [0.1, 0.15) is 57.5 Å². The Kier molecular flexibility index (Phi) is 5.71. The Morgan fingerprint density at radius 1 is 0.927 bits per heavy atom. The van der Waals surface area contributed by atoms with Crippen LogP contribution >= 0.6 is 0 Å². The molecular formula is C34H28N2O5. The van der Waals surface area contributed by atoms with Crippen molar-refractivity contribution in [2.75, 3.05) is 5.32 Å².